The highest BCUT2D eigenvalue weighted by molar-refractivity contribution is 6.36. The molecule has 0 radical (unpaired) electrons. The Kier molecular flexibility index (Phi) is 4.19. The van der Waals surface area contributed by atoms with Crippen molar-refractivity contribution in [2.75, 3.05) is 12.3 Å². The topological polar surface area (TPSA) is 46.3 Å². The average Bonchev–Trinajstić information content (AvgIpc) is 2.22. The molecule has 88 valence electrons. The van der Waals surface area contributed by atoms with Crippen molar-refractivity contribution in [2.45, 2.75) is 26.8 Å². The zero-order chi connectivity index (χ0) is 12.3. The Labute approximate surface area is 101 Å². The van der Waals surface area contributed by atoms with Crippen LogP contribution in [0.25, 0.3) is 0 Å². The van der Waals surface area contributed by atoms with Gasteiger partial charge in [0.2, 0.25) is 0 Å². The third-order valence-electron chi connectivity index (χ3n) is 2.48. The minimum atomic E-state index is -0.0743. The molecular formula is C12H17ClN2O. The number of nitrogens with two attached hydrogens (primary N) is 1. The van der Waals surface area contributed by atoms with E-state index in [1.54, 1.807) is 23.1 Å². The summed E-state index contributed by atoms with van der Waals surface area (Å²) in [6.45, 7) is 6.54. The predicted octanol–water partition coefficient (Wildman–Crippen LogP) is 2.79. The first kappa shape index (κ1) is 12.8. The number of amides is 1. The van der Waals surface area contributed by atoms with Gasteiger partial charge in [-0.1, -0.05) is 17.7 Å². The molecule has 0 atom stereocenters. The van der Waals surface area contributed by atoms with E-state index in [1.807, 2.05) is 20.8 Å². The molecule has 0 unspecified atom stereocenters. The van der Waals surface area contributed by atoms with Gasteiger partial charge in [-0.25, -0.2) is 0 Å². The zero-order valence-corrected chi connectivity index (χ0v) is 10.6. The van der Waals surface area contributed by atoms with E-state index in [9.17, 15) is 4.79 Å². The van der Waals surface area contributed by atoms with Crippen LogP contribution in [0.1, 0.15) is 31.1 Å². The minimum Gasteiger partial charge on any atom is -0.398 e. The summed E-state index contributed by atoms with van der Waals surface area (Å²) >= 11 is 6.02. The maximum absolute atomic E-state index is 12.2. The highest BCUT2D eigenvalue weighted by Crippen LogP contribution is 2.24. The molecule has 1 aromatic carbocycles. The molecule has 1 aromatic rings. The normalized spacial score (nSPS) is 10.6. The summed E-state index contributed by atoms with van der Waals surface area (Å²) in [5.74, 6) is -0.0743. The Morgan fingerprint density at radius 1 is 1.50 bits per heavy atom. The Bertz CT molecular complexity index is 391. The number of benzene rings is 1. The molecule has 16 heavy (non-hydrogen) atoms. The third-order valence-corrected chi connectivity index (χ3v) is 2.91. The summed E-state index contributed by atoms with van der Waals surface area (Å²) in [6.07, 6.45) is 0. The molecule has 0 saturated carbocycles. The minimum absolute atomic E-state index is 0.0743. The molecule has 3 nitrogen and oxygen atoms in total. The van der Waals surface area contributed by atoms with Crippen molar-refractivity contribution >= 4 is 23.2 Å². The number of hydrogen-bond donors (Lipinski definition) is 1. The number of hydrogen-bond acceptors (Lipinski definition) is 2. The van der Waals surface area contributed by atoms with Gasteiger partial charge in [0.15, 0.2) is 0 Å². The standard InChI is InChI=1S/C12H17ClN2O/c1-4-15(8(2)3)12(16)9-6-5-7-10(14)11(9)13/h5-8H,4,14H2,1-3H3. The molecular weight excluding hydrogens is 224 g/mol. The molecule has 0 bridgehead atoms. The first-order valence-electron chi connectivity index (χ1n) is 5.34. The summed E-state index contributed by atoms with van der Waals surface area (Å²) < 4.78 is 0. The Morgan fingerprint density at radius 2 is 2.12 bits per heavy atom. The van der Waals surface area contributed by atoms with E-state index < -0.39 is 0 Å². The van der Waals surface area contributed by atoms with Gasteiger partial charge in [-0.3, -0.25) is 4.79 Å². The molecule has 0 aromatic heterocycles. The predicted molar refractivity (Wildman–Crippen MR) is 67.7 cm³/mol. The maximum Gasteiger partial charge on any atom is 0.255 e. The molecule has 0 saturated heterocycles. The fourth-order valence-corrected chi connectivity index (χ4v) is 1.82. The van der Waals surface area contributed by atoms with E-state index in [1.165, 1.54) is 0 Å². The molecule has 0 fully saturated rings. The van der Waals surface area contributed by atoms with E-state index in [-0.39, 0.29) is 11.9 Å². The lowest BCUT2D eigenvalue weighted by atomic mass is 10.1. The fraction of sp³-hybridized carbons (Fsp3) is 0.417. The van der Waals surface area contributed by atoms with Gasteiger partial charge in [-0.2, -0.15) is 0 Å². The first-order chi connectivity index (χ1) is 7.49. The Morgan fingerprint density at radius 3 is 2.62 bits per heavy atom. The van der Waals surface area contributed by atoms with Crippen LogP contribution >= 0.6 is 11.6 Å². The molecule has 0 aliphatic carbocycles. The van der Waals surface area contributed by atoms with Crippen molar-refractivity contribution in [1.82, 2.24) is 4.90 Å². The van der Waals surface area contributed by atoms with Crippen molar-refractivity contribution in [3.8, 4) is 0 Å². The van der Waals surface area contributed by atoms with Gasteiger partial charge in [0, 0.05) is 12.6 Å². The summed E-state index contributed by atoms with van der Waals surface area (Å²) in [4.78, 5) is 13.9. The highest BCUT2D eigenvalue weighted by Gasteiger charge is 2.19. The lowest BCUT2D eigenvalue weighted by Crippen LogP contribution is -2.36. The number of rotatable bonds is 3. The Hall–Kier alpha value is -1.22. The molecule has 1 rings (SSSR count). The molecule has 1 amide bonds. The van der Waals surface area contributed by atoms with Crippen LogP contribution in [0, 0.1) is 0 Å². The lowest BCUT2D eigenvalue weighted by Gasteiger charge is -2.25. The van der Waals surface area contributed by atoms with Crippen LogP contribution in [0.4, 0.5) is 5.69 Å². The number of anilines is 1. The quantitative estimate of drug-likeness (QED) is 0.826. The molecule has 0 heterocycles. The van der Waals surface area contributed by atoms with Crippen LogP contribution in [0.2, 0.25) is 5.02 Å². The molecule has 0 aliphatic heterocycles. The highest BCUT2D eigenvalue weighted by atomic mass is 35.5. The Balaban J connectivity index is 3.09. The lowest BCUT2D eigenvalue weighted by molar-refractivity contribution is 0.0717. The maximum atomic E-state index is 12.2. The van der Waals surface area contributed by atoms with Crippen LogP contribution in [-0.4, -0.2) is 23.4 Å². The van der Waals surface area contributed by atoms with Gasteiger partial charge in [-0.05, 0) is 32.9 Å². The van der Waals surface area contributed by atoms with Crippen molar-refractivity contribution in [3.63, 3.8) is 0 Å². The van der Waals surface area contributed by atoms with E-state index in [0.717, 1.165) is 0 Å². The number of nitrogen functional groups attached to an aromatic ring is 1. The fourth-order valence-electron chi connectivity index (χ4n) is 1.61. The molecule has 0 spiro atoms. The van der Waals surface area contributed by atoms with Gasteiger partial charge in [-0.15, -0.1) is 0 Å². The van der Waals surface area contributed by atoms with Crippen LogP contribution < -0.4 is 5.73 Å². The van der Waals surface area contributed by atoms with E-state index in [2.05, 4.69) is 0 Å². The van der Waals surface area contributed by atoms with Gasteiger partial charge in [0.1, 0.15) is 0 Å². The van der Waals surface area contributed by atoms with Gasteiger partial charge in [0.05, 0.1) is 16.3 Å². The number of carbonyl (C=O) groups excluding carboxylic acids is 1. The second kappa shape index (κ2) is 5.21. The van der Waals surface area contributed by atoms with Crippen LogP contribution in [0.15, 0.2) is 18.2 Å². The summed E-state index contributed by atoms with van der Waals surface area (Å²) in [7, 11) is 0. The summed E-state index contributed by atoms with van der Waals surface area (Å²) in [5.41, 5.74) is 6.58. The first-order valence-corrected chi connectivity index (χ1v) is 5.71. The van der Waals surface area contributed by atoms with Gasteiger partial charge >= 0.3 is 0 Å². The van der Waals surface area contributed by atoms with Crippen LogP contribution in [0.5, 0.6) is 0 Å². The number of carbonyl (C=O) groups is 1. The second-order valence-electron chi connectivity index (χ2n) is 3.89. The largest absolute Gasteiger partial charge is 0.398 e. The van der Waals surface area contributed by atoms with Gasteiger partial charge < -0.3 is 10.6 Å². The number of halogens is 1. The SMILES string of the molecule is CCN(C(=O)c1cccc(N)c1Cl)C(C)C. The van der Waals surface area contributed by atoms with E-state index in [4.69, 9.17) is 17.3 Å². The van der Waals surface area contributed by atoms with Crippen molar-refractivity contribution in [1.29, 1.82) is 0 Å². The van der Waals surface area contributed by atoms with Crippen molar-refractivity contribution < 1.29 is 4.79 Å². The summed E-state index contributed by atoms with van der Waals surface area (Å²) in [5, 5.41) is 0.339. The average molecular weight is 241 g/mol. The summed E-state index contributed by atoms with van der Waals surface area (Å²) in [6, 6.07) is 5.27. The second-order valence-corrected chi connectivity index (χ2v) is 4.27. The number of nitrogens with zero attached hydrogens (tertiary/aromatic N) is 1. The van der Waals surface area contributed by atoms with Crippen molar-refractivity contribution in [2.24, 2.45) is 0 Å². The smallest absolute Gasteiger partial charge is 0.255 e. The monoisotopic (exact) mass is 240 g/mol. The van der Waals surface area contributed by atoms with Crippen LogP contribution in [0.3, 0.4) is 0 Å². The van der Waals surface area contributed by atoms with E-state index >= 15 is 0 Å². The van der Waals surface area contributed by atoms with Crippen molar-refractivity contribution in [3.05, 3.63) is 28.8 Å². The zero-order valence-electron chi connectivity index (χ0n) is 9.83. The van der Waals surface area contributed by atoms with E-state index in [0.29, 0.717) is 22.8 Å². The molecule has 2 N–H and O–H groups in total. The molecule has 0 aliphatic rings. The third kappa shape index (κ3) is 2.47. The van der Waals surface area contributed by atoms with Crippen LogP contribution in [-0.2, 0) is 0 Å². The molecule has 4 heteroatoms. The van der Waals surface area contributed by atoms with Gasteiger partial charge in [0.25, 0.3) is 5.91 Å².